The first-order valence-electron chi connectivity index (χ1n) is 5.27. The van der Waals surface area contributed by atoms with Crippen molar-refractivity contribution in [2.75, 3.05) is 0 Å². The van der Waals surface area contributed by atoms with Crippen LogP contribution in [0.3, 0.4) is 0 Å². The number of Topliss-reactive ketones (excluding diaryl/α,β-unsaturated/α-hetero) is 1. The third-order valence-corrected chi connectivity index (χ3v) is 2.16. The Labute approximate surface area is 90.3 Å². The largest absolute Gasteiger partial charge is 0.359 e. The van der Waals surface area contributed by atoms with Crippen molar-refractivity contribution in [2.24, 2.45) is 0 Å². The molecule has 0 saturated heterocycles. The normalized spacial score (nSPS) is 9.60. The lowest BCUT2D eigenvalue weighted by Gasteiger charge is -1.94. The summed E-state index contributed by atoms with van der Waals surface area (Å²) in [5.41, 5.74) is 2.98. The van der Waals surface area contributed by atoms with Crippen LogP contribution in [-0.4, -0.2) is 10.8 Å². The van der Waals surface area contributed by atoms with Gasteiger partial charge in [-0.2, -0.15) is 0 Å². The SMILES string of the molecule is CC.CC(=O)c1ccc2[nH]c(C)cc2c1. The molecule has 0 unspecified atom stereocenters. The predicted molar refractivity (Wildman–Crippen MR) is 64.4 cm³/mol. The number of nitrogens with one attached hydrogen (secondary N) is 1. The molecule has 0 spiro atoms. The fourth-order valence-corrected chi connectivity index (χ4v) is 1.50. The van der Waals surface area contributed by atoms with Crippen LogP contribution in [-0.2, 0) is 0 Å². The summed E-state index contributed by atoms with van der Waals surface area (Å²) in [5, 5.41) is 1.10. The van der Waals surface area contributed by atoms with Crippen molar-refractivity contribution in [1.29, 1.82) is 0 Å². The molecule has 15 heavy (non-hydrogen) atoms. The van der Waals surface area contributed by atoms with Crippen molar-refractivity contribution in [3.05, 3.63) is 35.5 Å². The molecule has 2 aromatic rings. The Morgan fingerprint density at radius 1 is 1.20 bits per heavy atom. The zero-order valence-corrected chi connectivity index (χ0v) is 9.72. The molecule has 0 amide bonds. The van der Waals surface area contributed by atoms with Crippen molar-refractivity contribution >= 4 is 16.7 Å². The number of hydrogen-bond donors (Lipinski definition) is 1. The highest BCUT2D eigenvalue weighted by molar-refractivity contribution is 5.98. The third kappa shape index (κ3) is 2.46. The van der Waals surface area contributed by atoms with Crippen molar-refractivity contribution < 1.29 is 4.79 Å². The van der Waals surface area contributed by atoms with Crippen LogP contribution < -0.4 is 0 Å². The van der Waals surface area contributed by atoms with Gasteiger partial charge < -0.3 is 4.98 Å². The Morgan fingerprint density at radius 3 is 2.47 bits per heavy atom. The molecule has 0 aliphatic heterocycles. The minimum absolute atomic E-state index is 0.112. The smallest absolute Gasteiger partial charge is 0.159 e. The van der Waals surface area contributed by atoms with E-state index in [1.54, 1.807) is 6.92 Å². The zero-order valence-electron chi connectivity index (χ0n) is 9.72. The van der Waals surface area contributed by atoms with E-state index in [4.69, 9.17) is 0 Å². The van der Waals surface area contributed by atoms with Gasteiger partial charge in [0.25, 0.3) is 0 Å². The molecule has 0 fully saturated rings. The number of hydrogen-bond acceptors (Lipinski definition) is 1. The minimum atomic E-state index is 0.112. The molecule has 0 bridgehead atoms. The molecule has 2 nitrogen and oxygen atoms in total. The van der Waals surface area contributed by atoms with E-state index in [0.29, 0.717) is 0 Å². The van der Waals surface area contributed by atoms with Crippen molar-refractivity contribution in [1.82, 2.24) is 4.98 Å². The second-order valence-corrected chi connectivity index (χ2v) is 3.31. The van der Waals surface area contributed by atoms with Crippen molar-refractivity contribution in [3.63, 3.8) is 0 Å². The number of rotatable bonds is 1. The Hall–Kier alpha value is -1.57. The molecule has 0 radical (unpaired) electrons. The van der Waals surface area contributed by atoms with Gasteiger partial charge in [-0.15, -0.1) is 0 Å². The zero-order chi connectivity index (χ0) is 11.4. The van der Waals surface area contributed by atoms with Gasteiger partial charge in [0.2, 0.25) is 0 Å². The first-order valence-corrected chi connectivity index (χ1v) is 5.27. The van der Waals surface area contributed by atoms with E-state index in [-0.39, 0.29) is 5.78 Å². The van der Waals surface area contributed by atoms with Gasteiger partial charge in [0.05, 0.1) is 0 Å². The minimum Gasteiger partial charge on any atom is -0.359 e. The van der Waals surface area contributed by atoms with Crippen LogP contribution in [0.25, 0.3) is 10.9 Å². The molecule has 0 aliphatic carbocycles. The fraction of sp³-hybridized carbons (Fsp3) is 0.308. The summed E-state index contributed by atoms with van der Waals surface area (Å²) in [6, 6.07) is 7.75. The van der Waals surface area contributed by atoms with E-state index in [1.807, 2.05) is 45.0 Å². The molecule has 1 heterocycles. The molecular weight excluding hydrogens is 186 g/mol. The highest BCUT2D eigenvalue weighted by Crippen LogP contribution is 2.16. The summed E-state index contributed by atoms with van der Waals surface area (Å²) in [7, 11) is 0. The average Bonchev–Trinajstić information content (AvgIpc) is 2.59. The maximum absolute atomic E-state index is 11.1. The summed E-state index contributed by atoms with van der Waals surface area (Å²) in [5.74, 6) is 0.112. The molecule has 2 heteroatoms. The van der Waals surface area contributed by atoms with Gasteiger partial charge in [-0.1, -0.05) is 13.8 Å². The summed E-state index contributed by atoms with van der Waals surface area (Å²) >= 11 is 0. The highest BCUT2D eigenvalue weighted by atomic mass is 16.1. The number of carbonyl (C=O) groups is 1. The fourth-order valence-electron chi connectivity index (χ4n) is 1.50. The number of aromatic amines is 1. The van der Waals surface area contributed by atoms with Gasteiger partial charge in [0, 0.05) is 22.2 Å². The summed E-state index contributed by atoms with van der Waals surface area (Å²) in [4.78, 5) is 14.3. The van der Waals surface area contributed by atoms with E-state index < -0.39 is 0 Å². The summed E-state index contributed by atoms with van der Waals surface area (Å²) in [6.07, 6.45) is 0. The van der Waals surface area contributed by atoms with Crippen molar-refractivity contribution in [2.45, 2.75) is 27.7 Å². The molecule has 1 aromatic carbocycles. The molecule has 2 rings (SSSR count). The standard InChI is InChI=1S/C11H11NO.C2H6/c1-7-5-10-6-9(8(2)13)3-4-11(10)12-7;1-2/h3-6,12H,1-2H3;1-2H3. The maximum Gasteiger partial charge on any atom is 0.159 e. The van der Waals surface area contributed by atoms with Crippen LogP contribution in [0.15, 0.2) is 24.3 Å². The number of ketones is 1. The Bertz CT molecular complexity index is 468. The van der Waals surface area contributed by atoms with Gasteiger partial charge in [0.1, 0.15) is 0 Å². The molecule has 1 N–H and O–H groups in total. The van der Waals surface area contributed by atoms with Crippen LogP contribution in [0.2, 0.25) is 0 Å². The van der Waals surface area contributed by atoms with Gasteiger partial charge >= 0.3 is 0 Å². The number of fused-ring (bicyclic) bond motifs is 1. The number of aryl methyl sites for hydroxylation is 1. The lowest BCUT2D eigenvalue weighted by atomic mass is 10.1. The predicted octanol–water partition coefficient (Wildman–Crippen LogP) is 3.71. The third-order valence-electron chi connectivity index (χ3n) is 2.16. The first kappa shape index (κ1) is 11.5. The van der Waals surface area contributed by atoms with Crippen LogP contribution in [0.4, 0.5) is 0 Å². The van der Waals surface area contributed by atoms with E-state index >= 15 is 0 Å². The highest BCUT2D eigenvalue weighted by Gasteiger charge is 2.01. The molecule has 80 valence electrons. The maximum atomic E-state index is 11.1. The van der Waals surface area contributed by atoms with E-state index in [1.165, 1.54) is 0 Å². The van der Waals surface area contributed by atoms with Crippen LogP contribution in [0.1, 0.15) is 36.8 Å². The van der Waals surface area contributed by atoms with Gasteiger partial charge in [-0.05, 0) is 38.1 Å². The Morgan fingerprint density at radius 2 is 1.87 bits per heavy atom. The van der Waals surface area contributed by atoms with Gasteiger partial charge in [-0.25, -0.2) is 0 Å². The Kier molecular flexibility index (Phi) is 3.67. The second-order valence-electron chi connectivity index (χ2n) is 3.31. The van der Waals surface area contributed by atoms with Crippen molar-refractivity contribution in [3.8, 4) is 0 Å². The quantitative estimate of drug-likeness (QED) is 0.704. The number of benzene rings is 1. The lowest BCUT2D eigenvalue weighted by Crippen LogP contribution is -1.89. The van der Waals surface area contributed by atoms with Crippen LogP contribution >= 0.6 is 0 Å². The molecule has 0 atom stereocenters. The number of aromatic nitrogens is 1. The van der Waals surface area contributed by atoms with E-state index in [2.05, 4.69) is 4.98 Å². The molecule has 1 aromatic heterocycles. The van der Waals surface area contributed by atoms with Crippen LogP contribution in [0, 0.1) is 6.92 Å². The second kappa shape index (κ2) is 4.78. The topological polar surface area (TPSA) is 32.9 Å². The van der Waals surface area contributed by atoms with E-state index in [0.717, 1.165) is 22.2 Å². The van der Waals surface area contributed by atoms with Gasteiger partial charge in [-0.3, -0.25) is 4.79 Å². The summed E-state index contributed by atoms with van der Waals surface area (Å²) in [6.45, 7) is 7.59. The molecular formula is C13H17NO. The number of H-pyrrole nitrogens is 1. The summed E-state index contributed by atoms with van der Waals surface area (Å²) < 4.78 is 0. The monoisotopic (exact) mass is 203 g/mol. The average molecular weight is 203 g/mol. The van der Waals surface area contributed by atoms with Gasteiger partial charge in [0.15, 0.2) is 5.78 Å². The Balaban J connectivity index is 0.000000531. The van der Waals surface area contributed by atoms with E-state index in [9.17, 15) is 4.79 Å². The number of carbonyl (C=O) groups excluding carboxylic acids is 1. The molecule has 0 aliphatic rings. The van der Waals surface area contributed by atoms with Crippen LogP contribution in [0.5, 0.6) is 0 Å². The lowest BCUT2D eigenvalue weighted by molar-refractivity contribution is 0.101. The molecule has 0 saturated carbocycles. The first-order chi connectivity index (χ1) is 7.16.